The first-order valence-corrected chi connectivity index (χ1v) is 10.6. The maximum atomic E-state index is 12.1. The van der Waals surface area contributed by atoms with Crippen LogP contribution in [0.3, 0.4) is 0 Å². The van der Waals surface area contributed by atoms with Crippen molar-refractivity contribution < 1.29 is 4.79 Å². The molecule has 1 aromatic carbocycles. The predicted octanol–water partition coefficient (Wildman–Crippen LogP) is 2.84. The highest BCUT2D eigenvalue weighted by Gasteiger charge is 2.21. The number of benzene rings is 1. The van der Waals surface area contributed by atoms with Crippen molar-refractivity contribution in [3.8, 4) is 0 Å². The molecule has 0 saturated carbocycles. The van der Waals surface area contributed by atoms with Crippen molar-refractivity contribution in [2.45, 2.75) is 44.9 Å². The summed E-state index contributed by atoms with van der Waals surface area (Å²) in [5, 5.41) is 6.45. The Morgan fingerprint density at radius 1 is 1.04 bits per heavy atom. The Kier molecular flexibility index (Phi) is 7.96. The fourth-order valence-electron chi connectivity index (χ4n) is 4.26. The highest BCUT2D eigenvalue weighted by Crippen LogP contribution is 2.21. The number of carbonyl (C=O) groups is 1. The molecule has 2 fully saturated rings. The van der Waals surface area contributed by atoms with Crippen molar-refractivity contribution in [3.05, 3.63) is 35.9 Å². The summed E-state index contributed by atoms with van der Waals surface area (Å²) < 4.78 is 0. The molecule has 1 aromatic rings. The first kappa shape index (κ1) is 19.4. The maximum Gasteiger partial charge on any atom is 0.223 e. The van der Waals surface area contributed by atoms with Crippen LogP contribution < -0.4 is 10.6 Å². The summed E-state index contributed by atoms with van der Waals surface area (Å²) in [6.45, 7) is 6.46. The van der Waals surface area contributed by atoms with Crippen LogP contribution in [0, 0.1) is 11.8 Å². The molecular weight excluding hydrogens is 322 g/mol. The van der Waals surface area contributed by atoms with E-state index in [9.17, 15) is 4.79 Å². The van der Waals surface area contributed by atoms with Crippen molar-refractivity contribution in [1.29, 1.82) is 0 Å². The molecule has 0 radical (unpaired) electrons. The number of carbonyl (C=O) groups excluding carboxylic acids is 1. The number of hydrogen-bond donors (Lipinski definition) is 2. The van der Waals surface area contributed by atoms with Gasteiger partial charge in [-0.05, 0) is 89.2 Å². The fourth-order valence-corrected chi connectivity index (χ4v) is 4.26. The number of nitrogens with one attached hydrogen (secondary N) is 2. The lowest BCUT2D eigenvalue weighted by molar-refractivity contribution is -0.125. The van der Waals surface area contributed by atoms with Gasteiger partial charge in [0.1, 0.15) is 0 Å². The van der Waals surface area contributed by atoms with E-state index < -0.39 is 0 Å². The van der Waals surface area contributed by atoms with Crippen LogP contribution >= 0.6 is 0 Å². The zero-order valence-corrected chi connectivity index (χ0v) is 16.1. The smallest absolute Gasteiger partial charge is 0.223 e. The van der Waals surface area contributed by atoms with E-state index in [1.165, 1.54) is 50.9 Å². The van der Waals surface area contributed by atoms with Gasteiger partial charge in [-0.1, -0.05) is 30.3 Å². The molecule has 0 aliphatic carbocycles. The van der Waals surface area contributed by atoms with Crippen LogP contribution in [-0.2, 0) is 11.2 Å². The van der Waals surface area contributed by atoms with Crippen molar-refractivity contribution in [1.82, 2.24) is 15.5 Å². The lowest BCUT2D eigenvalue weighted by Gasteiger charge is -2.32. The van der Waals surface area contributed by atoms with E-state index >= 15 is 0 Å². The number of rotatable bonds is 8. The van der Waals surface area contributed by atoms with Crippen molar-refractivity contribution >= 4 is 5.91 Å². The minimum absolute atomic E-state index is 0.236. The topological polar surface area (TPSA) is 44.4 Å². The quantitative estimate of drug-likeness (QED) is 0.703. The van der Waals surface area contributed by atoms with Gasteiger partial charge in [0.2, 0.25) is 5.91 Å². The van der Waals surface area contributed by atoms with Crippen LogP contribution in [0.2, 0.25) is 0 Å². The van der Waals surface area contributed by atoms with Crippen LogP contribution in [0.1, 0.15) is 44.1 Å². The third-order valence-corrected chi connectivity index (χ3v) is 5.98. The third-order valence-electron chi connectivity index (χ3n) is 5.98. The van der Waals surface area contributed by atoms with Crippen LogP contribution in [0.4, 0.5) is 0 Å². The van der Waals surface area contributed by atoms with E-state index in [-0.39, 0.29) is 11.8 Å². The first-order valence-electron chi connectivity index (χ1n) is 10.6. The molecule has 2 heterocycles. The van der Waals surface area contributed by atoms with Gasteiger partial charge in [0.05, 0.1) is 0 Å². The molecule has 0 spiro atoms. The normalized spacial score (nSPS) is 20.2. The van der Waals surface area contributed by atoms with Gasteiger partial charge in [-0.15, -0.1) is 0 Å². The second kappa shape index (κ2) is 10.7. The molecule has 4 nitrogen and oxygen atoms in total. The standard InChI is InChI=1S/C22H35N3O/c26-22(21-8-13-23-14-9-21)24-12-4-5-15-25-16-10-20(11-17-25)18-19-6-2-1-3-7-19/h1-3,6-7,20-21,23H,4-5,8-18H2,(H,24,26). The molecule has 0 unspecified atom stereocenters. The summed E-state index contributed by atoms with van der Waals surface area (Å²) in [7, 11) is 0. The molecule has 0 aromatic heterocycles. The first-order chi connectivity index (χ1) is 12.8. The average Bonchev–Trinajstić information content (AvgIpc) is 2.70. The molecular formula is C22H35N3O. The lowest BCUT2D eigenvalue weighted by atomic mass is 9.90. The second-order valence-corrected chi connectivity index (χ2v) is 8.00. The zero-order chi connectivity index (χ0) is 18.0. The number of amides is 1. The lowest BCUT2D eigenvalue weighted by Crippen LogP contribution is -2.38. The molecule has 144 valence electrons. The van der Waals surface area contributed by atoms with E-state index in [0.717, 1.165) is 44.8 Å². The average molecular weight is 358 g/mol. The van der Waals surface area contributed by atoms with Crippen LogP contribution in [-0.4, -0.2) is 50.1 Å². The third kappa shape index (κ3) is 6.40. The highest BCUT2D eigenvalue weighted by atomic mass is 16.1. The van der Waals surface area contributed by atoms with E-state index in [0.29, 0.717) is 0 Å². The molecule has 4 heteroatoms. The minimum atomic E-state index is 0.236. The van der Waals surface area contributed by atoms with Gasteiger partial charge in [-0.25, -0.2) is 0 Å². The number of piperidine rings is 2. The van der Waals surface area contributed by atoms with Crippen LogP contribution in [0.5, 0.6) is 0 Å². The van der Waals surface area contributed by atoms with Crippen molar-refractivity contribution in [2.75, 3.05) is 39.3 Å². The summed E-state index contributed by atoms with van der Waals surface area (Å²) in [6.07, 6.45) is 8.14. The van der Waals surface area contributed by atoms with E-state index in [1.807, 2.05) is 0 Å². The van der Waals surface area contributed by atoms with Crippen LogP contribution in [0.25, 0.3) is 0 Å². The zero-order valence-electron chi connectivity index (χ0n) is 16.1. The Morgan fingerprint density at radius 3 is 2.50 bits per heavy atom. The fraction of sp³-hybridized carbons (Fsp3) is 0.682. The molecule has 2 aliphatic heterocycles. The van der Waals surface area contributed by atoms with E-state index in [4.69, 9.17) is 0 Å². The van der Waals surface area contributed by atoms with Gasteiger partial charge < -0.3 is 15.5 Å². The molecule has 26 heavy (non-hydrogen) atoms. The van der Waals surface area contributed by atoms with Crippen molar-refractivity contribution in [3.63, 3.8) is 0 Å². The van der Waals surface area contributed by atoms with E-state index in [1.54, 1.807) is 0 Å². The molecule has 3 rings (SSSR count). The Balaban J connectivity index is 1.22. The predicted molar refractivity (Wildman–Crippen MR) is 107 cm³/mol. The monoisotopic (exact) mass is 357 g/mol. The van der Waals surface area contributed by atoms with Crippen LogP contribution in [0.15, 0.2) is 30.3 Å². The Bertz CT molecular complexity index is 519. The van der Waals surface area contributed by atoms with Crippen molar-refractivity contribution in [2.24, 2.45) is 11.8 Å². The number of hydrogen-bond acceptors (Lipinski definition) is 3. The molecule has 1 amide bonds. The van der Waals surface area contributed by atoms with Gasteiger partial charge in [0.15, 0.2) is 0 Å². The summed E-state index contributed by atoms with van der Waals surface area (Å²) in [5.74, 6) is 1.35. The van der Waals surface area contributed by atoms with Gasteiger partial charge in [-0.2, -0.15) is 0 Å². The summed E-state index contributed by atoms with van der Waals surface area (Å²) in [4.78, 5) is 14.7. The summed E-state index contributed by atoms with van der Waals surface area (Å²) in [5.41, 5.74) is 1.48. The number of likely N-dealkylation sites (tertiary alicyclic amines) is 1. The maximum absolute atomic E-state index is 12.1. The highest BCUT2D eigenvalue weighted by molar-refractivity contribution is 5.78. The minimum Gasteiger partial charge on any atom is -0.356 e. The Labute approximate surface area is 158 Å². The number of nitrogens with zero attached hydrogens (tertiary/aromatic N) is 1. The van der Waals surface area contributed by atoms with Gasteiger partial charge in [0.25, 0.3) is 0 Å². The van der Waals surface area contributed by atoms with Gasteiger partial charge >= 0.3 is 0 Å². The molecule has 2 N–H and O–H groups in total. The SMILES string of the molecule is O=C(NCCCCN1CCC(Cc2ccccc2)CC1)C1CCNCC1. The van der Waals surface area contributed by atoms with E-state index in [2.05, 4.69) is 45.9 Å². The molecule has 0 atom stereocenters. The van der Waals surface area contributed by atoms with Gasteiger partial charge in [-0.3, -0.25) is 4.79 Å². The largest absolute Gasteiger partial charge is 0.356 e. The van der Waals surface area contributed by atoms with Gasteiger partial charge in [0, 0.05) is 12.5 Å². The summed E-state index contributed by atoms with van der Waals surface area (Å²) in [6, 6.07) is 10.9. The Morgan fingerprint density at radius 2 is 1.77 bits per heavy atom. The molecule has 2 aliphatic rings. The second-order valence-electron chi connectivity index (χ2n) is 8.00. The number of unbranched alkanes of at least 4 members (excludes halogenated alkanes) is 1. The molecule has 2 saturated heterocycles. The molecule has 0 bridgehead atoms. The summed E-state index contributed by atoms with van der Waals surface area (Å²) >= 11 is 0. The Hall–Kier alpha value is -1.39.